The lowest BCUT2D eigenvalue weighted by atomic mass is 9.73. The van der Waals surface area contributed by atoms with Crippen LogP contribution in [-0.4, -0.2) is 36.4 Å². The van der Waals surface area contributed by atoms with Crippen molar-refractivity contribution in [3.8, 4) is 0 Å². The standard InChI is InChI=1S/C16H21NO5S/c17-14(18)16(15(19)20)10-5-4-8-13(16)23(21,22)11-9-12-6-2-1-3-7-12/h1-3,6-7,13H,4-5,8-11H2,(H2,17,18)(H,19,20). The third-order valence-electron chi connectivity index (χ3n) is 4.61. The van der Waals surface area contributed by atoms with Gasteiger partial charge in [0, 0.05) is 0 Å². The van der Waals surface area contributed by atoms with Crippen LogP contribution in [0.15, 0.2) is 30.3 Å². The molecular weight excluding hydrogens is 318 g/mol. The Morgan fingerprint density at radius 3 is 2.43 bits per heavy atom. The van der Waals surface area contributed by atoms with Gasteiger partial charge in [-0.2, -0.15) is 0 Å². The van der Waals surface area contributed by atoms with E-state index in [1.807, 2.05) is 30.3 Å². The van der Waals surface area contributed by atoms with Crippen LogP contribution in [0.4, 0.5) is 0 Å². The lowest BCUT2D eigenvalue weighted by Crippen LogP contribution is -2.57. The zero-order valence-corrected chi connectivity index (χ0v) is 13.6. The van der Waals surface area contributed by atoms with Gasteiger partial charge in [-0.05, 0) is 24.8 Å². The van der Waals surface area contributed by atoms with E-state index in [1.165, 1.54) is 0 Å². The van der Waals surface area contributed by atoms with Gasteiger partial charge in [0.2, 0.25) is 5.91 Å². The van der Waals surface area contributed by atoms with Crippen LogP contribution < -0.4 is 5.73 Å². The van der Waals surface area contributed by atoms with E-state index in [0.29, 0.717) is 12.8 Å². The molecule has 126 valence electrons. The highest BCUT2D eigenvalue weighted by Crippen LogP contribution is 2.41. The highest BCUT2D eigenvalue weighted by Gasteiger charge is 2.57. The van der Waals surface area contributed by atoms with E-state index < -0.39 is 32.4 Å². The summed E-state index contributed by atoms with van der Waals surface area (Å²) in [5.74, 6) is -2.68. The molecular formula is C16H21NO5S. The van der Waals surface area contributed by atoms with Crippen LogP contribution >= 0.6 is 0 Å². The lowest BCUT2D eigenvalue weighted by molar-refractivity contribution is -0.156. The first-order valence-corrected chi connectivity index (χ1v) is 9.31. The van der Waals surface area contributed by atoms with Crippen molar-refractivity contribution in [1.82, 2.24) is 0 Å². The second kappa shape index (κ2) is 6.70. The Kier molecular flexibility index (Phi) is 5.09. The van der Waals surface area contributed by atoms with Gasteiger partial charge >= 0.3 is 5.97 Å². The van der Waals surface area contributed by atoms with Crippen LogP contribution in [0.2, 0.25) is 0 Å². The number of hydrogen-bond donors (Lipinski definition) is 2. The van der Waals surface area contributed by atoms with Crippen molar-refractivity contribution < 1.29 is 23.1 Å². The van der Waals surface area contributed by atoms with Gasteiger partial charge in [-0.1, -0.05) is 43.2 Å². The Hall–Kier alpha value is -1.89. The quantitative estimate of drug-likeness (QED) is 0.754. The Morgan fingerprint density at radius 2 is 1.87 bits per heavy atom. The number of benzene rings is 1. The molecule has 23 heavy (non-hydrogen) atoms. The number of hydrogen-bond acceptors (Lipinski definition) is 4. The fourth-order valence-corrected chi connectivity index (χ4v) is 5.58. The SMILES string of the molecule is NC(=O)C1(C(=O)O)CCCCC1S(=O)(=O)CCc1ccccc1. The van der Waals surface area contributed by atoms with Crippen LogP contribution in [0.25, 0.3) is 0 Å². The number of carbonyl (C=O) groups excluding carboxylic acids is 1. The van der Waals surface area contributed by atoms with Crippen molar-refractivity contribution in [2.45, 2.75) is 37.4 Å². The number of nitrogens with two attached hydrogens (primary N) is 1. The predicted octanol–water partition coefficient (Wildman–Crippen LogP) is 1.14. The average Bonchev–Trinajstić information content (AvgIpc) is 2.53. The maximum absolute atomic E-state index is 12.7. The molecule has 2 unspecified atom stereocenters. The zero-order chi connectivity index (χ0) is 17.1. The van der Waals surface area contributed by atoms with Crippen LogP contribution in [0.5, 0.6) is 0 Å². The fraction of sp³-hybridized carbons (Fsp3) is 0.500. The van der Waals surface area contributed by atoms with E-state index in [2.05, 4.69) is 0 Å². The van der Waals surface area contributed by atoms with E-state index in [-0.39, 0.29) is 25.0 Å². The van der Waals surface area contributed by atoms with E-state index in [4.69, 9.17) is 5.73 Å². The van der Waals surface area contributed by atoms with Gasteiger partial charge in [0.1, 0.15) is 0 Å². The third kappa shape index (κ3) is 3.39. The molecule has 0 radical (unpaired) electrons. The van der Waals surface area contributed by atoms with Gasteiger partial charge in [-0.3, -0.25) is 9.59 Å². The molecule has 0 aromatic heterocycles. The molecule has 2 atom stereocenters. The summed E-state index contributed by atoms with van der Waals surface area (Å²) in [5.41, 5.74) is 4.16. The monoisotopic (exact) mass is 339 g/mol. The number of aliphatic carboxylic acids is 1. The molecule has 3 N–H and O–H groups in total. The Bertz CT molecular complexity index is 670. The fourth-order valence-electron chi connectivity index (χ4n) is 3.31. The maximum atomic E-state index is 12.7. The molecule has 7 heteroatoms. The minimum atomic E-state index is -3.76. The summed E-state index contributed by atoms with van der Waals surface area (Å²) in [7, 11) is -3.76. The van der Waals surface area contributed by atoms with Gasteiger partial charge in [0.15, 0.2) is 15.3 Å². The van der Waals surface area contributed by atoms with Crippen molar-refractivity contribution in [3.05, 3.63) is 35.9 Å². The normalized spacial score (nSPS) is 25.0. The van der Waals surface area contributed by atoms with Gasteiger partial charge in [0.25, 0.3) is 0 Å². The highest BCUT2D eigenvalue weighted by molar-refractivity contribution is 7.92. The predicted molar refractivity (Wildman–Crippen MR) is 85.5 cm³/mol. The molecule has 6 nitrogen and oxygen atoms in total. The van der Waals surface area contributed by atoms with E-state index in [9.17, 15) is 23.1 Å². The minimum absolute atomic E-state index is 0.0209. The molecule has 0 saturated heterocycles. The molecule has 1 aliphatic rings. The van der Waals surface area contributed by atoms with Crippen LogP contribution in [0.3, 0.4) is 0 Å². The summed E-state index contributed by atoms with van der Waals surface area (Å²) >= 11 is 0. The van der Waals surface area contributed by atoms with Crippen molar-refractivity contribution in [3.63, 3.8) is 0 Å². The number of rotatable bonds is 6. The number of carboxylic acids is 1. The number of aryl methyl sites for hydroxylation is 1. The van der Waals surface area contributed by atoms with Crippen molar-refractivity contribution >= 4 is 21.7 Å². The average molecular weight is 339 g/mol. The van der Waals surface area contributed by atoms with Gasteiger partial charge in [-0.25, -0.2) is 8.42 Å². The largest absolute Gasteiger partial charge is 0.480 e. The number of carboxylic acid groups (broad SMARTS) is 1. The van der Waals surface area contributed by atoms with E-state index in [0.717, 1.165) is 5.56 Å². The Balaban J connectivity index is 2.28. The molecule has 0 heterocycles. The molecule has 1 aliphatic carbocycles. The van der Waals surface area contributed by atoms with E-state index in [1.54, 1.807) is 0 Å². The minimum Gasteiger partial charge on any atom is -0.480 e. The summed E-state index contributed by atoms with van der Waals surface area (Å²) < 4.78 is 25.4. The maximum Gasteiger partial charge on any atom is 0.320 e. The van der Waals surface area contributed by atoms with Crippen LogP contribution in [0, 0.1) is 5.41 Å². The first-order chi connectivity index (χ1) is 10.8. The first-order valence-electron chi connectivity index (χ1n) is 7.59. The summed E-state index contributed by atoms with van der Waals surface area (Å²) in [5, 5.41) is 8.27. The second-order valence-electron chi connectivity index (χ2n) is 5.98. The van der Waals surface area contributed by atoms with E-state index >= 15 is 0 Å². The first kappa shape index (κ1) is 17.5. The Morgan fingerprint density at radius 1 is 1.22 bits per heavy atom. The summed E-state index contributed by atoms with van der Waals surface area (Å²) in [6.07, 6.45) is 1.49. The van der Waals surface area contributed by atoms with Gasteiger partial charge in [0.05, 0.1) is 11.0 Å². The van der Waals surface area contributed by atoms with Gasteiger partial charge < -0.3 is 10.8 Å². The van der Waals surface area contributed by atoms with Crippen LogP contribution in [-0.2, 0) is 25.8 Å². The molecule has 0 aliphatic heterocycles. The van der Waals surface area contributed by atoms with Crippen molar-refractivity contribution in [1.29, 1.82) is 0 Å². The topological polar surface area (TPSA) is 115 Å². The highest BCUT2D eigenvalue weighted by atomic mass is 32.2. The summed E-state index contributed by atoms with van der Waals surface area (Å²) in [6, 6.07) is 9.09. The number of carbonyl (C=O) groups is 2. The number of primary amides is 1. The second-order valence-corrected chi connectivity index (χ2v) is 8.28. The lowest BCUT2D eigenvalue weighted by Gasteiger charge is -2.37. The molecule has 0 bridgehead atoms. The summed E-state index contributed by atoms with van der Waals surface area (Å²) in [4.78, 5) is 23.5. The Labute approximate surface area is 135 Å². The molecule has 2 rings (SSSR count). The molecule has 1 amide bonds. The zero-order valence-electron chi connectivity index (χ0n) is 12.8. The molecule has 1 fully saturated rings. The van der Waals surface area contributed by atoms with Crippen molar-refractivity contribution in [2.75, 3.05) is 5.75 Å². The summed E-state index contributed by atoms with van der Waals surface area (Å²) in [6.45, 7) is 0. The number of amides is 1. The van der Waals surface area contributed by atoms with Crippen molar-refractivity contribution in [2.24, 2.45) is 11.1 Å². The van der Waals surface area contributed by atoms with Gasteiger partial charge in [-0.15, -0.1) is 0 Å². The number of sulfone groups is 1. The smallest absolute Gasteiger partial charge is 0.320 e. The molecule has 1 aromatic carbocycles. The third-order valence-corrected chi connectivity index (χ3v) is 6.89. The molecule has 1 saturated carbocycles. The molecule has 1 aromatic rings. The van der Waals surface area contributed by atoms with Crippen LogP contribution in [0.1, 0.15) is 31.2 Å². The molecule has 0 spiro atoms.